The Hall–Kier alpha value is -1.64. The number of likely N-dealkylation sites (N-methyl/N-ethyl adjacent to an activating group) is 1. The predicted octanol–water partition coefficient (Wildman–Crippen LogP) is 3.95. The molecule has 0 N–H and O–H groups in total. The highest BCUT2D eigenvalue weighted by Crippen LogP contribution is 2.45. The van der Waals surface area contributed by atoms with Gasteiger partial charge in [-0.1, -0.05) is 60.7 Å². The summed E-state index contributed by atoms with van der Waals surface area (Å²) in [5.74, 6) is 0. The zero-order chi connectivity index (χ0) is 14.2. The van der Waals surface area contributed by atoms with Gasteiger partial charge in [0.25, 0.3) is 0 Å². The molecule has 0 spiro atoms. The van der Waals surface area contributed by atoms with Crippen LogP contribution < -0.4 is 0 Å². The molecule has 2 heteroatoms. The van der Waals surface area contributed by atoms with Crippen LogP contribution in [0.2, 0.25) is 0 Å². The second kappa shape index (κ2) is 5.04. The van der Waals surface area contributed by atoms with Crippen molar-refractivity contribution in [3.8, 4) is 0 Å². The largest absolute Gasteiger partial charge is 0.347 e. The molecule has 0 radical (unpaired) electrons. The minimum atomic E-state index is -0.374. The van der Waals surface area contributed by atoms with Gasteiger partial charge < -0.3 is 4.74 Å². The summed E-state index contributed by atoms with van der Waals surface area (Å²) in [6, 6.07) is 21.3. The fraction of sp³-hybridized carbons (Fsp3) is 0.333. The Morgan fingerprint density at radius 3 is 2.10 bits per heavy atom. The van der Waals surface area contributed by atoms with E-state index in [1.165, 1.54) is 11.1 Å². The van der Waals surface area contributed by atoms with Crippen molar-refractivity contribution in [2.75, 3.05) is 7.05 Å². The molecule has 0 saturated carbocycles. The van der Waals surface area contributed by atoms with Gasteiger partial charge in [0.15, 0.2) is 0 Å². The Balaban J connectivity index is 1.97. The normalized spacial score (nSPS) is 30.6. The van der Waals surface area contributed by atoms with Crippen LogP contribution in [0.1, 0.15) is 31.1 Å². The lowest BCUT2D eigenvalue weighted by molar-refractivity contribution is -0.0898. The number of hydrogen-bond donors (Lipinski definition) is 0. The fourth-order valence-corrected chi connectivity index (χ4v) is 3.03. The monoisotopic (exact) mass is 267 g/mol. The molecule has 3 atom stereocenters. The van der Waals surface area contributed by atoms with Crippen molar-refractivity contribution in [2.45, 2.75) is 31.7 Å². The van der Waals surface area contributed by atoms with Gasteiger partial charge in [0.2, 0.25) is 0 Å². The van der Waals surface area contributed by atoms with Gasteiger partial charge >= 0.3 is 0 Å². The molecule has 20 heavy (non-hydrogen) atoms. The summed E-state index contributed by atoms with van der Waals surface area (Å²) in [5, 5.41) is 0. The van der Waals surface area contributed by atoms with Crippen molar-refractivity contribution in [1.82, 2.24) is 4.90 Å². The SMILES string of the molecule is C[C@H]1[C@H](c2ccccc2)O[C@@](C)(c2ccccc2)N1C. The minimum Gasteiger partial charge on any atom is -0.347 e. The third-order valence-corrected chi connectivity index (χ3v) is 4.52. The van der Waals surface area contributed by atoms with Crippen LogP contribution in [0.5, 0.6) is 0 Å². The molecular weight excluding hydrogens is 246 g/mol. The van der Waals surface area contributed by atoms with Gasteiger partial charge in [-0.05, 0) is 32.0 Å². The quantitative estimate of drug-likeness (QED) is 0.817. The first-order valence-corrected chi connectivity index (χ1v) is 7.14. The topological polar surface area (TPSA) is 12.5 Å². The smallest absolute Gasteiger partial charge is 0.145 e. The third kappa shape index (κ3) is 2.05. The Bertz CT molecular complexity index is 568. The van der Waals surface area contributed by atoms with E-state index in [9.17, 15) is 0 Å². The van der Waals surface area contributed by atoms with Crippen LogP contribution in [0.3, 0.4) is 0 Å². The van der Waals surface area contributed by atoms with E-state index in [1.54, 1.807) is 0 Å². The Morgan fingerprint density at radius 2 is 1.50 bits per heavy atom. The van der Waals surface area contributed by atoms with Crippen LogP contribution in [-0.4, -0.2) is 18.0 Å². The third-order valence-electron chi connectivity index (χ3n) is 4.52. The van der Waals surface area contributed by atoms with E-state index < -0.39 is 0 Å². The second-order valence-electron chi connectivity index (χ2n) is 5.65. The molecule has 2 aromatic rings. The van der Waals surface area contributed by atoms with Crippen molar-refractivity contribution < 1.29 is 4.74 Å². The summed E-state index contributed by atoms with van der Waals surface area (Å²) in [5.41, 5.74) is 2.07. The lowest BCUT2D eigenvalue weighted by Crippen LogP contribution is -2.39. The number of hydrogen-bond acceptors (Lipinski definition) is 2. The Kier molecular flexibility index (Phi) is 3.36. The first-order valence-electron chi connectivity index (χ1n) is 7.14. The molecule has 1 fully saturated rings. The average Bonchev–Trinajstić information content (AvgIpc) is 2.75. The summed E-state index contributed by atoms with van der Waals surface area (Å²) in [4.78, 5) is 2.32. The van der Waals surface area contributed by atoms with Gasteiger partial charge in [0, 0.05) is 6.04 Å². The molecule has 1 heterocycles. The van der Waals surface area contributed by atoms with E-state index in [0.29, 0.717) is 6.04 Å². The maximum atomic E-state index is 6.47. The number of benzene rings is 2. The number of ether oxygens (including phenoxy) is 1. The summed E-state index contributed by atoms with van der Waals surface area (Å²) in [7, 11) is 2.14. The molecule has 0 bridgehead atoms. The van der Waals surface area contributed by atoms with Crippen molar-refractivity contribution >= 4 is 0 Å². The molecule has 1 aliphatic heterocycles. The second-order valence-corrected chi connectivity index (χ2v) is 5.65. The highest BCUT2D eigenvalue weighted by atomic mass is 16.5. The first-order chi connectivity index (χ1) is 9.63. The van der Waals surface area contributed by atoms with E-state index in [-0.39, 0.29) is 11.8 Å². The van der Waals surface area contributed by atoms with Crippen molar-refractivity contribution in [2.24, 2.45) is 0 Å². The summed E-state index contributed by atoms with van der Waals surface area (Å²) in [6.45, 7) is 4.38. The Labute approximate surface area is 121 Å². The highest BCUT2D eigenvalue weighted by Gasteiger charge is 2.47. The molecule has 2 nitrogen and oxygen atoms in total. The van der Waals surface area contributed by atoms with Gasteiger partial charge in [-0.3, -0.25) is 4.90 Å². The van der Waals surface area contributed by atoms with Crippen molar-refractivity contribution in [3.63, 3.8) is 0 Å². The fourth-order valence-electron chi connectivity index (χ4n) is 3.03. The lowest BCUT2D eigenvalue weighted by Gasteiger charge is -2.32. The molecule has 1 aliphatic rings. The Morgan fingerprint density at radius 1 is 0.950 bits per heavy atom. The van der Waals surface area contributed by atoms with Crippen molar-refractivity contribution in [1.29, 1.82) is 0 Å². The maximum absolute atomic E-state index is 6.47. The summed E-state index contributed by atoms with van der Waals surface area (Å²) >= 11 is 0. The van der Waals surface area contributed by atoms with E-state index in [4.69, 9.17) is 4.74 Å². The van der Waals surface area contributed by atoms with Crippen LogP contribution in [0.15, 0.2) is 60.7 Å². The van der Waals surface area contributed by atoms with Gasteiger partial charge in [-0.15, -0.1) is 0 Å². The zero-order valence-corrected chi connectivity index (χ0v) is 12.3. The minimum absolute atomic E-state index is 0.103. The lowest BCUT2D eigenvalue weighted by atomic mass is 10.0. The molecule has 0 unspecified atom stereocenters. The van der Waals surface area contributed by atoms with Crippen LogP contribution in [0.25, 0.3) is 0 Å². The summed E-state index contributed by atoms with van der Waals surface area (Å²) in [6.07, 6.45) is 0.103. The molecule has 0 aliphatic carbocycles. The molecule has 1 saturated heterocycles. The van der Waals surface area contributed by atoms with Crippen LogP contribution in [0.4, 0.5) is 0 Å². The van der Waals surface area contributed by atoms with Crippen LogP contribution in [0, 0.1) is 0 Å². The van der Waals surface area contributed by atoms with Gasteiger partial charge in [-0.2, -0.15) is 0 Å². The molecule has 0 aromatic heterocycles. The van der Waals surface area contributed by atoms with Gasteiger partial charge in [0.1, 0.15) is 11.8 Å². The van der Waals surface area contributed by atoms with Crippen molar-refractivity contribution in [3.05, 3.63) is 71.8 Å². The highest BCUT2D eigenvalue weighted by molar-refractivity contribution is 5.26. The average molecular weight is 267 g/mol. The molecule has 2 aromatic carbocycles. The molecular formula is C18H21NO. The molecule has 0 amide bonds. The van der Waals surface area contributed by atoms with Gasteiger partial charge in [-0.25, -0.2) is 0 Å². The maximum Gasteiger partial charge on any atom is 0.145 e. The zero-order valence-electron chi connectivity index (χ0n) is 12.3. The number of rotatable bonds is 2. The predicted molar refractivity (Wildman–Crippen MR) is 81.3 cm³/mol. The van der Waals surface area contributed by atoms with Crippen LogP contribution in [-0.2, 0) is 10.5 Å². The molecule has 104 valence electrons. The number of nitrogens with zero attached hydrogens (tertiary/aromatic N) is 1. The van der Waals surface area contributed by atoms with E-state index in [2.05, 4.69) is 74.3 Å². The van der Waals surface area contributed by atoms with Gasteiger partial charge in [0.05, 0.1) is 0 Å². The standard InChI is InChI=1S/C18H21NO/c1-14-17(15-10-6-4-7-11-15)20-18(2,19(14)3)16-12-8-5-9-13-16/h4-14,17H,1-3H3/t14-,17+,18-/m0/s1. The summed E-state index contributed by atoms with van der Waals surface area (Å²) < 4.78 is 6.47. The molecule has 3 rings (SSSR count). The van der Waals surface area contributed by atoms with E-state index in [0.717, 1.165) is 0 Å². The first kappa shape index (κ1) is 13.3. The van der Waals surface area contributed by atoms with E-state index >= 15 is 0 Å². The van der Waals surface area contributed by atoms with E-state index in [1.807, 2.05) is 12.1 Å². The van der Waals surface area contributed by atoms with Crippen LogP contribution >= 0.6 is 0 Å².